The average molecular weight is 293 g/mol. The second-order valence-corrected chi connectivity index (χ2v) is 5.72. The molecule has 2 aromatic heterocycles. The third-order valence-electron chi connectivity index (χ3n) is 3.07. The molecule has 108 valence electrons. The van der Waals surface area contributed by atoms with Crippen LogP contribution in [0.1, 0.15) is 30.0 Å². The molecular formula is C13H19N5OS. The summed E-state index contributed by atoms with van der Waals surface area (Å²) in [7, 11) is 1.79. The van der Waals surface area contributed by atoms with Gasteiger partial charge in [-0.05, 0) is 17.9 Å². The summed E-state index contributed by atoms with van der Waals surface area (Å²) >= 11 is 1.64. The number of rotatable bonds is 6. The number of aromatic nitrogens is 3. The van der Waals surface area contributed by atoms with Crippen molar-refractivity contribution in [3.8, 4) is 0 Å². The Morgan fingerprint density at radius 2 is 2.40 bits per heavy atom. The normalized spacial score (nSPS) is 12.3. The largest absolute Gasteiger partial charge is 0.339 e. The Hall–Kier alpha value is -1.73. The highest BCUT2D eigenvalue weighted by Gasteiger charge is 2.13. The van der Waals surface area contributed by atoms with E-state index in [2.05, 4.69) is 10.3 Å². The predicted octanol–water partition coefficient (Wildman–Crippen LogP) is 1.41. The van der Waals surface area contributed by atoms with E-state index in [1.54, 1.807) is 29.5 Å². The maximum Gasteiger partial charge on any atom is 0.244 e. The molecule has 0 saturated carbocycles. The first-order chi connectivity index (χ1) is 9.60. The molecule has 0 aliphatic rings. The SMILES string of the molecule is CCC(N)c1cn(CC(=O)N(C)Cc2cccs2)nn1. The Bertz CT molecular complexity index is 551. The van der Waals surface area contributed by atoms with E-state index in [-0.39, 0.29) is 18.5 Å². The zero-order valence-corrected chi connectivity index (χ0v) is 12.5. The van der Waals surface area contributed by atoms with E-state index in [1.165, 1.54) is 4.68 Å². The molecule has 0 saturated heterocycles. The van der Waals surface area contributed by atoms with Gasteiger partial charge in [0.1, 0.15) is 6.54 Å². The molecule has 2 rings (SSSR count). The molecule has 0 aromatic carbocycles. The van der Waals surface area contributed by atoms with Crippen LogP contribution in [0.2, 0.25) is 0 Å². The molecule has 1 amide bonds. The number of amides is 1. The van der Waals surface area contributed by atoms with Gasteiger partial charge in [-0.3, -0.25) is 4.79 Å². The number of hydrogen-bond acceptors (Lipinski definition) is 5. The van der Waals surface area contributed by atoms with E-state index in [4.69, 9.17) is 5.73 Å². The molecule has 2 heterocycles. The average Bonchev–Trinajstić information content (AvgIpc) is 3.09. The molecule has 0 spiro atoms. The van der Waals surface area contributed by atoms with Crippen molar-refractivity contribution in [2.75, 3.05) is 7.05 Å². The zero-order chi connectivity index (χ0) is 14.5. The summed E-state index contributed by atoms with van der Waals surface area (Å²) in [5.41, 5.74) is 6.60. The summed E-state index contributed by atoms with van der Waals surface area (Å²) in [6.07, 6.45) is 2.54. The lowest BCUT2D eigenvalue weighted by molar-refractivity contribution is -0.131. The molecule has 0 radical (unpaired) electrons. The lowest BCUT2D eigenvalue weighted by Gasteiger charge is -2.15. The van der Waals surface area contributed by atoms with Crippen LogP contribution in [-0.2, 0) is 17.9 Å². The minimum atomic E-state index is -0.122. The number of carbonyl (C=O) groups excluding carboxylic acids is 1. The first-order valence-corrected chi connectivity index (χ1v) is 7.40. The number of thiophene rings is 1. The molecule has 6 nitrogen and oxygen atoms in total. The molecule has 2 aromatic rings. The minimum absolute atomic E-state index is 0.0000742. The Morgan fingerprint density at radius 1 is 1.60 bits per heavy atom. The lowest BCUT2D eigenvalue weighted by atomic mass is 10.2. The van der Waals surface area contributed by atoms with E-state index < -0.39 is 0 Å². The van der Waals surface area contributed by atoms with Crippen molar-refractivity contribution >= 4 is 17.2 Å². The molecule has 1 unspecified atom stereocenters. The van der Waals surface area contributed by atoms with Crippen molar-refractivity contribution in [1.82, 2.24) is 19.9 Å². The fourth-order valence-electron chi connectivity index (χ4n) is 1.75. The summed E-state index contributed by atoms with van der Waals surface area (Å²) in [5, 5.41) is 9.94. The number of hydrogen-bond donors (Lipinski definition) is 1. The van der Waals surface area contributed by atoms with Crippen molar-refractivity contribution < 1.29 is 4.79 Å². The summed E-state index contributed by atoms with van der Waals surface area (Å²) in [6.45, 7) is 2.79. The van der Waals surface area contributed by atoms with E-state index in [1.807, 2.05) is 24.4 Å². The Labute approximate surface area is 122 Å². The Balaban J connectivity index is 1.92. The van der Waals surface area contributed by atoms with Gasteiger partial charge in [-0.15, -0.1) is 16.4 Å². The number of nitrogens with zero attached hydrogens (tertiary/aromatic N) is 4. The van der Waals surface area contributed by atoms with Crippen LogP contribution in [0, 0.1) is 0 Å². The molecule has 0 aliphatic carbocycles. The van der Waals surface area contributed by atoms with Crippen LogP contribution in [0.4, 0.5) is 0 Å². The van der Waals surface area contributed by atoms with Crippen LogP contribution in [-0.4, -0.2) is 32.8 Å². The van der Waals surface area contributed by atoms with Gasteiger partial charge in [-0.2, -0.15) is 0 Å². The fourth-order valence-corrected chi connectivity index (χ4v) is 2.51. The van der Waals surface area contributed by atoms with Gasteiger partial charge in [0.25, 0.3) is 0 Å². The van der Waals surface area contributed by atoms with E-state index in [0.717, 1.165) is 17.0 Å². The van der Waals surface area contributed by atoms with Crippen molar-refractivity contribution in [2.24, 2.45) is 5.73 Å². The van der Waals surface area contributed by atoms with Crippen LogP contribution in [0.15, 0.2) is 23.7 Å². The molecule has 0 bridgehead atoms. The number of likely N-dealkylation sites (N-methyl/N-ethyl adjacent to an activating group) is 1. The van der Waals surface area contributed by atoms with Crippen LogP contribution in [0.3, 0.4) is 0 Å². The van der Waals surface area contributed by atoms with Crippen molar-refractivity contribution in [1.29, 1.82) is 0 Å². The smallest absolute Gasteiger partial charge is 0.244 e. The van der Waals surface area contributed by atoms with E-state index in [9.17, 15) is 4.79 Å². The van der Waals surface area contributed by atoms with Crippen molar-refractivity contribution in [3.05, 3.63) is 34.3 Å². The second-order valence-electron chi connectivity index (χ2n) is 4.68. The first-order valence-electron chi connectivity index (χ1n) is 6.52. The fraction of sp³-hybridized carbons (Fsp3) is 0.462. The molecule has 1 atom stereocenters. The summed E-state index contributed by atoms with van der Waals surface area (Å²) in [4.78, 5) is 14.9. The minimum Gasteiger partial charge on any atom is -0.339 e. The zero-order valence-electron chi connectivity index (χ0n) is 11.7. The third kappa shape index (κ3) is 3.64. The second kappa shape index (κ2) is 6.62. The van der Waals surface area contributed by atoms with Gasteiger partial charge in [0.15, 0.2) is 0 Å². The Morgan fingerprint density at radius 3 is 3.05 bits per heavy atom. The Kier molecular flexibility index (Phi) is 4.86. The lowest BCUT2D eigenvalue weighted by Crippen LogP contribution is -2.29. The van der Waals surface area contributed by atoms with Gasteiger partial charge >= 0.3 is 0 Å². The van der Waals surface area contributed by atoms with Crippen LogP contribution in [0.5, 0.6) is 0 Å². The quantitative estimate of drug-likeness (QED) is 0.873. The molecule has 20 heavy (non-hydrogen) atoms. The van der Waals surface area contributed by atoms with Gasteiger partial charge in [-0.1, -0.05) is 18.2 Å². The molecular weight excluding hydrogens is 274 g/mol. The maximum absolute atomic E-state index is 12.1. The number of nitrogens with two attached hydrogens (primary N) is 1. The van der Waals surface area contributed by atoms with E-state index >= 15 is 0 Å². The van der Waals surface area contributed by atoms with Gasteiger partial charge in [-0.25, -0.2) is 4.68 Å². The highest BCUT2D eigenvalue weighted by atomic mass is 32.1. The summed E-state index contributed by atoms with van der Waals surface area (Å²) in [6, 6.07) is 3.87. The van der Waals surface area contributed by atoms with Crippen molar-refractivity contribution in [3.63, 3.8) is 0 Å². The summed E-state index contributed by atoms with van der Waals surface area (Å²) < 4.78 is 1.54. The van der Waals surface area contributed by atoms with Crippen LogP contribution >= 0.6 is 11.3 Å². The monoisotopic (exact) mass is 293 g/mol. The standard InChI is InChI=1S/C13H19N5OS/c1-3-11(14)12-8-18(16-15-12)9-13(19)17(2)7-10-5-4-6-20-10/h4-6,8,11H,3,7,9,14H2,1-2H3. The van der Waals surface area contributed by atoms with Crippen LogP contribution < -0.4 is 5.73 Å². The number of carbonyl (C=O) groups is 1. The van der Waals surface area contributed by atoms with Crippen LogP contribution in [0.25, 0.3) is 0 Å². The highest BCUT2D eigenvalue weighted by Crippen LogP contribution is 2.12. The molecule has 0 fully saturated rings. The summed E-state index contributed by atoms with van der Waals surface area (Å²) in [5.74, 6) is -0.0000742. The molecule has 2 N–H and O–H groups in total. The van der Waals surface area contributed by atoms with Crippen molar-refractivity contribution in [2.45, 2.75) is 32.5 Å². The van der Waals surface area contributed by atoms with E-state index in [0.29, 0.717) is 6.54 Å². The molecule has 0 aliphatic heterocycles. The third-order valence-corrected chi connectivity index (χ3v) is 3.93. The molecule has 7 heteroatoms. The topological polar surface area (TPSA) is 77.0 Å². The van der Waals surface area contributed by atoms with Gasteiger partial charge in [0.05, 0.1) is 24.5 Å². The predicted molar refractivity (Wildman–Crippen MR) is 78.0 cm³/mol. The van der Waals surface area contributed by atoms with Gasteiger partial charge in [0, 0.05) is 11.9 Å². The first kappa shape index (κ1) is 14.7. The maximum atomic E-state index is 12.1. The van der Waals surface area contributed by atoms with Gasteiger partial charge < -0.3 is 10.6 Å². The van der Waals surface area contributed by atoms with Gasteiger partial charge in [0.2, 0.25) is 5.91 Å². The highest BCUT2D eigenvalue weighted by molar-refractivity contribution is 7.09.